The number of carbonyl (C=O) groups excluding carboxylic acids is 1. The molecule has 2 rings (SSSR count). The van der Waals surface area contributed by atoms with Gasteiger partial charge in [0.15, 0.2) is 0 Å². The van der Waals surface area contributed by atoms with Crippen LogP contribution in [0.15, 0.2) is 18.2 Å². The predicted octanol–water partition coefficient (Wildman–Crippen LogP) is 2.50. The number of hydrogen-bond donors (Lipinski definition) is 2. The Morgan fingerprint density at radius 3 is 2.40 bits per heavy atom. The first-order valence-corrected chi connectivity index (χ1v) is 5.60. The first-order chi connectivity index (χ1) is 9.20. The predicted molar refractivity (Wildman–Crippen MR) is 59.3 cm³/mol. The highest BCUT2D eigenvalue weighted by atomic mass is 19.4. The van der Waals surface area contributed by atoms with Gasteiger partial charge in [-0.1, -0.05) is 0 Å². The number of aliphatic carboxylic acids is 1. The van der Waals surface area contributed by atoms with Crippen LogP contribution in [0.5, 0.6) is 0 Å². The van der Waals surface area contributed by atoms with Gasteiger partial charge in [-0.3, -0.25) is 9.59 Å². The number of nitrogens with one attached hydrogen (secondary N) is 1. The fourth-order valence-corrected chi connectivity index (χ4v) is 1.78. The van der Waals surface area contributed by atoms with Crippen molar-refractivity contribution in [1.82, 2.24) is 0 Å². The molecular formula is C12H9F4NO3. The van der Waals surface area contributed by atoms with Gasteiger partial charge < -0.3 is 10.4 Å². The number of halogens is 4. The summed E-state index contributed by atoms with van der Waals surface area (Å²) in [4.78, 5) is 22.2. The van der Waals surface area contributed by atoms with Crippen LogP contribution < -0.4 is 5.32 Å². The van der Waals surface area contributed by atoms with E-state index < -0.39 is 47.0 Å². The second-order valence-electron chi connectivity index (χ2n) is 4.47. The zero-order chi connectivity index (χ0) is 15.1. The molecule has 1 saturated carbocycles. The standard InChI is InChI=1S/C12H9F4NO3/c13-8-2-1-5(12(14,15)16)3-9(8)17-10(18)6-4-7(6)11(19)20/h1-3,6-7H,4H2,(H,17,18)(H,19,20)/t6-,7+/m1/s1. The van der Waals surface area contributed by atoms with Crippen molar-refractivity contribution >= 4 is 17.6 Å². The molecule has 1 aliphatic rings. The molecule has 20 heavy (non-hydrogen) atoms. The Kier molecular flexibility index (Phi) is 3.41. The normalized spacial score (nSPS) is 21.4. The van der Waals surface area contributed by atoms with Gasteiger partial charge in [-0.05, 0) is 24.6 Å². The maximum Gasteiger partial charge on any atom is 0.416 e. The van der Waals surface area contributed by atoms with Crippen molar-refractivity contribution in [3.05, 3.63) is 29.6 Å². The number of carbonyl (C=O) groups is 2. The monoisotopic (exact) mass is 291 g/mol. The lowest BCUT2D eigenvalue weighted by Gasteiger charge is -2.10. The lowest BCUT2D eigenvalue weighted by atomic mass is 10.1. The van der Waals surface area contributed by atoms with Gasteiger partial charge in [0.1, 0.15) is 5.82 Å². The molecule has 8 heteroatoms. The van der Waals surface area contributed by atoms with Crippen molar-refractivity contribution in [1.29, 1.82) is 0 Å². The Balaban J connectivity index is 2.14. The number of alkyl halides is 3. The summed E-state index contributed by atoms with van der Waals surface area (Å²) in [6.07, 6.45) is -4.56. The summed E-state index contributed by atoms with van der Waals surface area (Å²) in [5, 5.41) is 10.6. The van der Waals surface area contributed by atoms with Gasteiger partial charge >= 0.3 is 12.1 Å². The van der Waals surface area contributed by atoms with Crippen LogP contribution in [0.2, 0.25) is 0 Å². The maximum atomic E-state index is 13.4. The number of benzene rings is 1. The highest BCUT2D eigenvalue weighted by Gasteiger charge is 2.48. The Labute approximate surface area is 110 Å². The van der Waals surface area contributed by atoms with Gasteiger partial charge in [-0.2, -0.15) is 13.2 Å². The van der Waals surface area contributed by atoms with Gasteiger partial charge in [-0.15, -0.1) is 0 Å². The van der Waals surface area contributed by atoms with Crippen molar-refractivity contribution in [2.45, 2.75) is 12.6 Å². The van der Waals surface area contributed by atoms with Gasteiger partial charge in [-0.25, -0.2) is 4.39 Å². The molecule has 1 aromatic rings. The number of carboxylic acids is 1. The summed E-state index contributed by atoms with van der Waals surface area (Å²) in [6, 6.07) is 1.63. The van der Waals surface area contributed by atoms with E-state index in [0.717, 1.165) is 0 Å². The molecule has 2 atom stereocenters. The second kappa shape index (κ2) is 4.77. The van der Waals surface area contributed by atoms with Crippen molar-refractivity contribution < 1.29 is 32.3 Å². The summed E-state index contributed by atoms with van der Waals surface area (Å²) >= 11 is 0. The molecule has 0 spiro atoms. The number of hydrogen-bond acceptors (Lipinski definition) is 2. The minimum atomic E-state index is -4.66. The van der Waals surface area contributed by atoms with E-state index in [1.54, 1.807) is 0 Å². The van der Waals surface area contributed by atoms with Crippen LogP contribution in [0, 0.1) is 17.7 Å². The van der Waals surface area contributed by atoms with E-state index in [0.29, 0.717) is 18.2 Å². The van der Waals surface area contributed by atoms with E-state index in [-0.39, 0.29) is 6.42 Å². The minimum Gasteiger partial charge on any atom is -0.481 e. The van der Waals surface area contributed by atoms with Gasteiger partial charge in [0.2, 0.25) is 5.91 Å². The van der Waals surface area contributed by atoms with Gasteiger partial charge in [0, 0.05) is 0 Å². The molecule has 0 aliphatic heterocycles. The zero-order valence-electron chi connectivity index (χ0n) is 9.87. The summed E-state index contributed by atoms with van der Waals surface area (Å²) in [7, 11) is 0. The molecule has 0 bridgehead atoms. The van der Waals surface area contributed by atoms with Gasteiger partial charge in [0.25, 0.3) is 0 Å². The van der Waals surface area contributed by atoms with E-state index in [9.17, 15) is 27.2 Å². The molecule has 2 N–H and O–H groups in total. The average Bonchev–Trinajstić information content (AvgIpc) is 3.10. The molecule has 1 aliphatic carbocycles. The topological polar surface area (TPSA) is 66.4 Å². The third kappa shape index (κ3) is 2.89. The fraction of sp³-hybridized carbons (Fsp3) is 0.333. The van der Waals surface area contributed by atoms with Crippen LogP contribution >= 0.6 is 0 Å². The molecule has 0 aromatic heterocycles. The third-order valence-electron chi connectivity index (χ3n) is 3.00. The zero-order valence-corrected chi connectivity index (χ0v) is 9.87. The largest absolute Gasteiger partial charge is 0.481 e. The van der Waals surface area contributed by atoms with Crippen molar-refractivity contribution in [2.24, 2.45) is 11.8 Å². The Morgan fingerprint density at radius 1 is 1.25 bits per heavy atom. The molecule has 1 aromatic carbocycles. The molecule has 1 amide bonds. The molecule has 0 saturated heterocycles. The Hall–Kier alpha value is -2.12. The second-order valence-corrected chi connectivity index (χ2v) is 4.47. The molecule has 0 radical (unpaired) electrons. The van der Waals surface area contributed by atoms with Crippen LogP contribution in [-0.2, 0) is 15.8 Å². The first-order valence-electron chi connectivity index (χ1n) is 5.60. The van der Waals surface area contributed by atoms with Gasteiger partial charge in [0.05, 0.1) is 23.1 Å². The SMILES string of the molecule is O=C(O)[C@H]1C[C@H]1C(=O)Nc1cc(C(F)(F)F)ccc1F. The van der Waals surface area contributed by atoms with Crippen molar-refractivity contribution in [2.75, 3.05) is 5.32 Å². The van der Waals surface area contributed by atoms with Crippen LogP contribution in [0.3, 0.4) is 0 Å². The number of rotatable bonds is 3. The van der Waals surface area contributed by atoms with E-state index in [1.165, 1.54) is 0 Å². The molecule has 0 unspecified atom stereocenters. The summed E-state index contributed by atoms with van der Waals surface area (Å²) in [5.41, 5.74) is -1.71. The fourth-order valence-electron chi connectivity index (χ4n) is 1.78. The van der Waals surface area contributed by atoms with E-state index in [2.05, 4.69) is 0 Å². The third-order valence-corrected chi connectivity index (χ3v) is 3.00. The van der Waals surface area contributed by atoms with Crippen LogP contribution in [0.4, 0.5) is 23.2 Å². The number of anilines is 1. The number of carboxylic acid groups (broad SMARTS) is 1. The molecular weight excluding hydrogens is 282 g/mol. The first kappa shape index (κ1) is 14.3. The Morgan fingerprint density at radius 2 is 1.90 bits per heavy atom. The lowest BCUT2D eigenvalue weighted by molar-refractivity contribution is -0.139. The molecule has 108 valence electrons. The average molecular weight is 291 g/mol. The van der Waals surface area contributed by atoms with E-state index in [4.69, 9.17) is 5.11 Å². The minimum absolute atomic E-state index is 0.0990. The summed E-state index contributed by atoms with van der Waals surface area (Å²) < 4.78 is 50.7. The Bertz CT molecular complexity index is 570. The maximum absolute atomic E-state index is 13.4. The highest BCUT2D eigenvalue weighted by Crippen LogP contribution is 2.40. The molecule has 1 fully saturated rings. The van der Waals surface area contributed by atoms with Crippen LogP contribution in [0.25, 0.3) is 0 Å². The summed E-state index contributed by atoms with van der Waals surface area (Å²) in [5.74, 6) is -4.66. The van der Waals surface area contributed by atoms with Crippen molar-refractivity contribution in [3.63, 3.8) is 0 Å². The summed E-state index contributed by atoms with van der Waals surface area (Å²) in [6.45, 7) is 0. The molecule has 0 heterocycles. The van der Waals surface area contributed by atoms with Crippen LogP contribution in [0.1, 0.15) is 12.0 Å². The highest BCUT2D eigenvalue weighted by molar-refractivity contribution is 5.98. The van der Waals surface area contributed by atoms with E-state index in [1.807, 2.05) is 5.32 Å². The van der Waals surface area contributed by atoms with Crippen LogP contribution in [-0.4, -0.2) is 17.0 Å². The van der Waals surface area contributed by atoms with Crippen molar-refractivity contribution in [3.8, 4) is 0 Å². The number of amides is 1. The quantitative estimate of drug-likeness (QED) is 0.841. The smallest absolute Gasteiger partial charge is 0.416 e. The van der Waals surface area contributed by atoms with E-state index >= 15 is 0 Å². The molecule has 4 nitrogen and oxygen atoms in total. The lowest BCUT2D eigenvalue weighted by Crippen LogP contribution is -2.18.